The number of amides is 2. The first-order valence-electron chi connectivity index (χ1n) is 17.6. The van der Waals surface area contributed by atoms with Crippen LogP contribution >= 0.6 is 11.3 Å². The van der Waals surface area contributed by atoms with Crippen LogP contribution in [-0.2, 0) is 5.41 Å². The molecule has 4 N–H and O–H groups in total. The Kier molecular flexibility index (Phi) is 12.3. The Hall–Kier alpha value is -6.94. The van der Waals surface area contributed by atoms with Crippen molar-refractivity contribution in [3.8, 4) is 46.0 Å². The number of nitrogen functional groups attached to an aromatic ring is 1. The van der Waals surface area contributed by atoms with Gasteiger partial charge >= 0.3 is 6.03 Å². The highest BCUT2D eigenvalue weighted by Gasteiger charge is 2.19. The number of aromatic nitrogens is 3. The SMILES string of the molecule is COc1cc2nccc(Oc3ccc(N)c(F)c3)c2cc1OC.COc1cc2nccc(Oc3ccc(NC(=O)Nc4nc(C(C)(C)C)cs4)c(F)c3)c2cc1OC. The molecule has 0 radical (unpaired) electrons. The topological polar surface area (TPSA) is 161 Å². The quantitative estimate of drug-likeness (QED) is 0.113. The smallest absolute Gasteiger partial charge is 0.325 e. The summed E-state index contributed by atoms with van der Waals surface area (Å²) < 4.78 is 61.3. The van der Waals surface area contributed by atoms with Crippen LogP contribution in [0.1, 0.15) is 26.5 Å². The van der Waals surface area contributed by atoms with E-state index in [1.54, 1.807) is 82.3 Å². The lowest BCUT2D eigenvalue weighted by molar-refractivity contribution is 0.262. The number of hydrogen-bond acceptors (Lipinski definition) is 12. The van der Waals surface area contributed by atoms with Gasteiger partial charge in [-0.1, -0.05) is 20.8 Å². The molecule has 0 atom stereocenters. The second-order valence-electron chi connectivity index (χ2n) is 13.5. The Morgan fingerprint density at radius 3 is 1.62 bits per heavy atom. The minimum Gasteiger partial charge on any atom is -0.493 e. The van der Waals surface area contributed by atoms with E-state index in [2.05, 4.69) is 25.6 Å². The van der Waals surface area contributed by atoms with E-state index in [9.17, 15) is 13.6 Å². The summed E-state index contributed by atoms with van der Waals surface area (Å²) in [7, 11) is 6.19. The Bertz CT molecular complexity index is 2600. The molecule has 0 aliphatic rings. The first kappa shape index (κ1) is 40.7. The third-order valence-corrected chi connectivity index (χ3v) is 9.28. The van der Waals surface area contributed by atoms with Crippen LogP contribution in [0.4, 0.5) is 30.1 Å². The van der Waals surface area contributed by atoms with Gasteiger partial charge in [-0.15, -0.1) is 11.3 Å². The first-order valence-corrected chi connectivity index (χ1v) is 18.4. The van der Waals surface area contributed by atoms with E-state index in [1.165, 1.54) is 42.7 Å². The summed E-state index contributed by atoms with van der Waals surface area (Å²) in [5.74, 6) is 2.60. The summed E-state index contributed by atoms with van der Waals surface area (Å²) in [6.45, 7) is 6.10. The molecule has 7 aromatic rings. The maximum Gasteiger partial charge on any atom is 0.325 e. The molecule has 0 bridgehead atoms. The van der Waals surface area contributed by atoms with Crippen LogP contribution < -0.4 is 44.8 Å². The zero-order chi connectivity index (χ0) is 41.6. The molecule has 3 aromatic heterocycles. The van der Waals surface area contributed by atoms with Crippen LogP contribution in [0, 0.1) is 11.6 Å². The molecule has 4 aromatic carbocycles. The number of nitrogens with two attached hydrogens (primary N) is 1. The number of fused-ring (bicyclic) bond motifs is 2. The summed E-state index contributed by atoms with van der Waals surface area (Å²) in [5.41, 5.74) is 7.59. The minimum atomic E-state index is -0.648. The van der Waals surface area contributed by atoms with Gasteiger partial charge in [0.15, 0.2) is 28.1 Å². The van der Waals surface area contributed by atoms with Gasteiger partial charge in [0.1, 0.15) is 34.6 Å². The predicted octanol–water partition coefficient (Wildman–Crippen LogP) is 10.3. The van der Waals surface area contributed by atoms with E-state index in [0.29, 0.717) is 61.8 Å². The Balaban J connectivity index is 0.000000213. The molecule has 0 saturated heterocycles. The number of halogens is 2. The lowest BCUT2D eigenvalue weighted by Gasteiger charge is -2.14. The summed E-state index contributed by atoms with van der Waals surface area (Å²) >= 11 is 1.31. The molecule has 0 saturated carbocycles. The van der Waals surface area contributed by atoms with E-state index < -0.39 is 17.7 Å². The van der Waals surface area contributed by atoms with Gasteiger partial charge in [-0.3, -0.25) is 15.3 Å². The van der Waals surface area contributed by atoms with Gasteiger partial charge in [0.2, 0.25) is 0 Å². The number of rotatable bonds is 10. The second kappa shape index (κ2) is 17.5. The average molecular weight is 811 g/mol. The lowest BCUT2D eigenvalue weighted by Crippen LogP contribution is -2.20. The number of ether oxygens (including phenoxy) is 6. The standard InChI is InChI=1S/C25H25FN4O4S.C17H15FN2O3/c1-25(2,3)22-13-35-24(29-22)30-23(31)28-17-7-6-14(10-16(17)26)34-19-8-9-27-18-12-21(33-5)20(32-4)11-15(18)19;1-21-16-8-11-14(9-17(16)22-2)20-6-5-15(11)23-10-3-4-13(19)12(18)7-10/h6-13H,1-5H3,(H2,28,29,30,31);3-9H,19H2,1-2H3. The van der Waals surface area contributed by atoms with E-state index in [-0.39, 0.29) is 22.5 Å². The van der Waals surface area contributed by atoms with E-state index in [4.69, 9.17) is 34.2 Å². The molecular weight excluding hydrogens is 771 g/mol. The fraction of sp³-hybridized carbons (Fsp3) is 0.190. The summed E-state index contributed by atoms with van der Waals surface area (Å²) in [6.07, 6.45) is 3.20. The van der Waals surface area contributed by atoms with Crippen LogP contribution in [0.25, 0.3) is 21.8 Å². The molecule has 3 heterocycles. The Labute approximate surface area is 336 Å². The maximum absolute atomic E-state index is 14.8. The predicted molar refractivity (Wildman–Crippen MR) is 221 cm³/mol. The van der Waals surface area contributed by atoms with Crippen LogP contribution in [0.15, 0.2) is 90.6 Å². The summed E-state index contributed by atoms with van der Waals surface area (Å²) in [4.78, 5) is 25.4. The third-order valence-electron chi connectivity index (χ3n) is 8.52. The van der Waals surface area contributed by atoms with Crippen molar-refractivity contribution in [1.82, 2.24) is 15.0 Å². The monoisotopic (exact) mass is 810 g/mol. The van der Waals surface area contributed by atoms with Gasteiger partial charge in [0.25, 0.3) is 0 Å². The number of pyridine rings is 2. The van der Waals surface area contributed by atoms with Gasteiger partial charge in [-0.05, 0) is 48.5 Å². The molecular formula is C42H40F2N6O7S. The number of carbonyl (C=O) groups is 1. The average Bonchev–Trinajstić information content (AvgIpc) is 3.69. The van der Waals surface area contributed by atoms with Crippen molar-refractivity contribution < 1.29 is 42.0 Å². The number of anilines is 3. The van der Waals surface area contributed by atoms with Crippen molar-refractivity contribution in [2.45, 2.75) is 26.2 Å². The number of carbonyl (C=O) groups excluding carboxylic acids is 1. The van der Waals surface area contributed by atoms with E-state index in [0.717, 1.165) is 11.1 Å². The minimum absolute atomic E-state index is 0.00782. The number of nitrogens with zero attached hydrogens (tertiary/aromatic N) is 3. The van der Waals surface area contributed by atoms with Gasteiger partial charge in [-0.2, -0.15) is 0 Å². The summed E-state index contributed by atoms with van der Waals surface area (Å²) in [5, 5.41) is 8.85. The van der Waals surface area contributed by atoms with E-state index >= 15 is 0 Å². The number of nitrogens with one attached hydrogen (secondary N) is 2. The molecule has 7 rings (SSSR count). The zero-order valence-electron chi connectivity index (χ0n) is 32.6. The molecule has 0 aliphatic heterocycles. The second-order valence-corrected chi connectivity index (χ2v) is 14.3. The molecule has 0 unspecified atom stereocenters. The number of benzene rings is 4. The largest absolute Gasteiger partial charge is 0.493 e. The first-order chi connectivity index (χ1) is 27.8. The maximum atomic E-state index is 14.8. The van der Waals surface area contributed by atoms with Gasteiger partial charge in [0.05, 0.1) is 56.5 Å². The number of hydrogen-bond donors (Lipinski definition) is 3. The number of urea groups is 1. The highest BCUT2D eigenvalue weighted by molar-refractivity contribution is 7.14. The Morgan fingerprint density at radius 2 is 1.16 bits per heavy atom. The van der Waals surface area contributed by atoms with Crippen LogP contribution in [-0.4, -0.2) is 49.4 Å². The van der Waals surface area contributed by atoms with Gasteiger partial charge in [0, 0.05) is 58.2 Å². The summed E-state index contributed by atoms with van der Waals surface area (Å²) in [6, 6.07) is 18.3. The fourth-order valence-corrected chi connectivity index (χ4v) is 6.42. The third kappa shape index (κ3) is 9.35. The Morgan fingerprint density at radius 1 is 0.655 bits per heavy atom. The molecule has 0 aliphatic carbocycles. The molecule has 16 heteroatoms. The van der Waals surface area contributed by atoms with Crippen molar-refractivity contribution in [3.63, 3.8) is 0 Å². The molecule has 13 nitrogen and oxygen atoms in total. The zero-order valence-corrected chi connectivity index (χ0v) is 33.4. The van der Waals surface area contributed by atoms with Crippen molar-refractivity contribution in [2.24, 2.45) is 0 Å². The normalized spacial score (nSPS) is 11.0. The van der Waals surface area contributed by atoms with Crippen molar-refractivity contribution in [2.75, 3.05) is 44.8 Å². The molecule has 58 heavy (non-hydrogen) atoms. The highest BCUT2D eigenvalue weighted by Crippen LogP contribution is 2.39. The molecule has 0 fully saturated rings. The molecule has 0 spiro atoms. The molecule has 2 amide bonds. The number of methoxy groups -OCH3 is 4. The van der Waals surface area contributed by atoms with Crippen molar-refractivity contribution >= 4 is 55.7 Å². The van der Waals surface area contributed by atoms with Crippen molar-refractivity contribution in [3.05, 3.63) is 108 Å². The highest BCUT2D eigenvalue weighted by atomic mass is 32.1. The van der Waals surface area contributed by atoms with Crippen molar-refractivity contribution in [1.29, 1.82) is 0 Å². The van der Waals surface area contributed by atoms with E-state index in [1.807, 2.05) is 26.2 Å². The lowest BCUT2D eigenvalue weighted by atomic mass is 9.93. The van der Waals surface area contributed by atoms with Crippen LogP contribution in [0.3, 0.4) is 0 Å². The van der Waals surface area contributed by atoms with Gasteiger partial charge < -0.3 is 39.5 Å². The van der Waals surface area contributed by atoms with Gasteiger partial charge in [-0.25, -0.2) is 18.6 Å². The molecule has 300 valence electrons. The number of thiazole rings is 1. The van der Waals surface area contributed by atoms with Crippen LogP contribution in [0.5, 0.6) is 46.0 Å². The van der Waals surface area contributed by atoms with Crippen LogP contribution in [0.2, 0.25) is 0 Å². The fourth-order valence-electron chi connectivity index (χ4n) is 5.49.